The van der Waals surface area contributed by atoms with Crippen LogP contribution >= 0.6 is 35.0 Å². The number of nitrogens with zero attached hydrogens (tertiary/aromatic N) is 4. The van der Waals surface area contributed by atoms with Gasteiger partial charge in [0.15, 0.2) is 11.0 Å². The molecular formula is C25H21Cl2N5O2S. The van der Waals surface area contributed by atoms with Gasteiger partial charge in [-0.05, 0) is 49.4 Å². The Bertz CT molecular complexity index is 1360. The Labute approximate surface area is 217 Å². The maximum atomic E-state index is 12.4. The number of carbonyl (C=O) groups excluding carboxylic acids is 1. The van der Waals surface area contributed by atoms with Gasteiger partial charge in [0.25, 0.3) is 5.91 Å². The molecule has 0 radical (unpaired) electrons. The second kappa shape index (κ2) is 11.4. The molecule has 1 amide bonds. The molecule has 0 atom stereocenters. The second-order valence-corrected chi connectivity index (χ2v) is 9.16. The quantitative estimate of drug-likeness (QED) is 0.178. The number of hydrazone groups is 1. The Balaban J connectivity index is 1.52. The van der Waals surface area contributed by atoms with Crippen molar-refractivity contribution in [2.24, 2.45) is 5.10 Å². The number of ether oxygens (including phenoxy) is 1. The standard InChI is InChI=1S/C25H21Cl2N5O2S/c1-16-6-10-19(11-7-16)32-24(17-8-12-20(34-2)13-9-17)30-31-25(32)35-15-22(33)29-28-14-18-4-3-5-21(26)23(18)27/h3-14H,15H2,1-2H3,(H,29,33)/b28-14-. The minimum absolute atomic E-state index is 0.0905. The molecule has 0 saturated carbocycles. The number of halogens is 2. The van der Waals surface area contributed by atoms with Gasteiger partial charge in [-0.3, -0.25) is 9.36 Å². The predicted molar refractivity (Wildman–Crippen MR) is 141 cm³/mol. The number of aryl methyl sites for hydroxylation is 1. The number of amides is 1. The number of hydrogen-bond acceptors (Lipinski definition) is 6. The van der Waals surface area contributed by atoms with E-state index < -0.39 is 0 Å². The first-order valence-electron chi connectivity index (χ1n) is 10.5. The fourth-order valence-electron chi connectivity index (χ4n) is 3.17. The zero-order valence-corrected chi connectivity index (χ0v) is 21.2. The molecule has 1 aromatic heterocycles. The summed E-state index contributed by atoms with van der Waals surface area (Å²) in [5.41, 5.74) is 6.01. The first-order chi connectivity index (χ1) is 17.0. The molecule has 35 heavy (non-hydrogen) atoms. The van der Waals surface area contributed by atoms with Crippen LogP contribution in [-0.4, -0.2) is 39.7 Å². The highest BCUT2D eigenvalue weighted by Crippen LogP contribution is 2.29. The predicted octanol–water partition coefficient (Wildman–Crippen LogP) is 5.80. The summed E-state index contributed by atoms with van der Waals surface area (Å²) >= 11 is 13.4. The number of benzene rings is 3. The summed E-state index contributed by atoms with van der Waals surface area (Å²) in [6.45, 7) is 2.03. The monoisotopic (exact) mass is 525 g/mol. The SMILES string of the molecule is COc1ccc(-c2nnc(SCC(=O)N/N=C\c3cccc(Cl)c3Cl)n2-c2ccc(C)cc2)cc1. The number of rotatable bonds is 8. The lowest BCUT2D eigenvalue weighted by Gasteiger charge is -2.11. The molecule has 0 bridgehead atoms. The lowest BCUT2D eigenvalue weighted by atomic mass is 10.2. The minimum atomic E-state index is -0.297. The fraction of sp³-hybridized carbons (Fsp3) is 0.120. The lowest BCUT2D eigenvalue weighted by Crippen LogP contribution is -2.20. The highest BCUT2D eigenvalue weighted by Gasteiger charge is 2.17. The van der Waals surface area contributed by atoms with Crippen LogP contribution in [0.5, 0.6) is 5.75 Å². The molecule has 0 fully saturated rings. The van der Waals surface area contributed by atoms with E-state index in [1.165, 1.54) is 18.0 Å². The van der Waals surface area contributed by atoms with Crippen molar-refractivity contribution in [3.63, 3.8) is 0 Å². The van der Waals surface area contributed by atoms with Gasteiger partial charge >= 0.3 is 0 Å². The van der Waals surface area contributed by atoms with Crippen LogP contribution in [0.25, 0.3) is 17.1 Å². The zero-order chi connectivity index (χ0) is 24.8. The number of hydrogen-bond donors (Lipinski definition) is 1. The molecule has 4 rings (SSSR count). The summed E-state index contributed by atoms with van der Waals surface area (Å²) < 4.78 is 7.18. The van der Waals surface area contributed by atoms with Gasteiger partial charge in [-0.2, -0.15) is 5.10 Å². The molecule has 0 aliphatic heterocycles. The molecule has 0 aliphatic rings. The molecule has 0 aliphatic carbocycles. The van der Waals surface area contributed by atoms with Crippen molar-refractivity contribution in [1.29, 1.82) is 0 Å². The number of aromatic nitrogens is 3. The third-order valence-corrected chi connectivity index (χ3v) is 6.74. The van der Waals surface area contributed by atoms with Crippen LogP contribution in [0.4, 0.5) is 0 Å². The molecule has 7 nitrogen and oxygen atoms in total. The summed E-state index contributed by atoms with van der Waals surface area (Å²) in [5.74, 6) is 1.20. The maximum absolute atomic E-state index is 12.4. The summed E-state index contributed by atoms with van der Waals surface area (Å²) in [6.07, 6.45) is 1.45. The van der Waals surface area contributed by atoms with Gasteiger partial charge < -0.3 is 4.74 Å². The summed E-state index contributed by atoms with van der Waals surface area (Å²) in [7, 11) is 1.62. The van der Waals surface area contributed by atoms with Gasteiger partial charge in [0.05, 0.1) is 29.1 Å². The van der Waals surface area contributed by atoms with Gasteiger partial charge in [0.2, 0.25) is 0 Å². The van der Waals surface area contributed by atoms with Crippen molar-refractivity contribution in [3.8, 4) is 22.8 Å². The molecule has 0 spiro atoms. The van der Waals surface area contributed by atoms with E-state index in [1.54, 1.807) is 25.3 Å². The van der Waals surface area contributed by atoms with Crippen LogP contribution < -0.4 is 10.2 Å². The van der Waals surface area contributed by atoms with E-state index in [0.29, 0.717) is 26.6 Å². The Morgan fingerprint density at radius 1 is 1.09 bits per heavy atom. The zero-order valence-electron chi connectivity index (χ0n) is 18.9. The number of thioether (sulfide) groups is 1. The Morgan fingerprint density at radius 3 is 2.54 bits per heavy atom. The molecular weight excluding hydrogens is 505 g/mol. The van der Waals surface area contributed by atoms with E-state index in [4.69, 9.17) is 27.9 Å². The Morgan fingerprint density at radius 2 is 1.83 bits per heavy atom. The molecule has 3 aromatic carbocycles. The third kappa shape index (κ3) is 6.03. The van der Waals surface area contributed by atoms with Crippen molar-refractivity contribution in [1.82, 2.24) is 20.2 Å². The molecule has 4 aromatic rings. The number of methoxy groups -OCH3 is 1. The number of nitrogens with one attached hydrogen (secondary N) is 1. The normalized spacial score (nSPS) is 11.1. The average molecular weight is 526 g/mol. The van der Waals surface area contributed by atoms with Crippen LogP contribution in [0.15, 0.2) is 77.0 Å². The van der Waals surface area contributed by atoms with Crippen LogP contribution in [0.2, 0.25) is 10.0 Å². The molecule has 10 heteroatoms. The third-order valence-electron chi connectivity index (χ3n) is 4.98. The van der Waals surface area contributed by atoms with Crippen LogP contribution in [0.1, 0.15) is 11.1 Å². The van der Waals surface area contributed by atoms with Crippen molar-refractivity contribution >= 4 is 47.1 Å². The van der Waals surface area contributed by atoms with E-state index in [1.807, 2.05) is 60.0 Å². The van der Waals surface area contributed by atoms with Crippen LogP contribution in [-0.2, 0) is 4.79 Å². The minimum Gasteiger partial charge on any atom is -0.497 e. The smallest absolute Gasteiger partial charge is 0.250 e. The van der Waals surface area contributed by atoms with Crippen LogP contribution in [0, 0.1) is 6.92 Å². The van der Waals surface area contributed by atoms with E-state index in [2.05, 4.69) is 20.7 Å². The van der Waals surface area contributed by atoms with E-state index >= 15 is 0 Å². The first-order valence-corrected chi connectivity index (χ1v) is 12.3. The van der Waals surface area contributed by atoms with Gasteiger partial charge in [-0.1, -0.05) is 64.8 Å². The van der Waals surface area contributed by atoms with Crippen molar-refractivity contribution in [3.05, 3.63) is 87.9 Å². The summed E-state index contributed by atoms with van der Waals surface area (Å²) in [4.78, 5) is 12.4. The van der Waals surface area contributed by atoms with Crippen molar-refractivity contribution in [2.45, 2.75) is 12.1 Å². The van der Waals surface area contributed by atoms with E-state index in [0.717, 1.165) is 22.6 Å². The van der Waals surface area contributed by atoms with E-state index in [-0.39, 0.29) is 11.7 Å². The van der Waals surface area contributed by atoms with Gasteiger partial charge in [-0.15, -0.1) is 10.2 Å². The molecule has 0 saturated heterocycles. The maximum Gasteiger partial charge on any atom is 0.250 e. The second-order valence-electron chi connectivity index (χ2n) is 7.43. The highest BCUT2D eigenvalue weighted by molar-refractivity contribution is 7.99. The lowest BCUT2D eigenvalue weighted by molar-refractivity contribution is -0.118. The van der Waals surface area contributed by atoms with Gasteiger partial charge in [-0.25, -0.2) is 5.43 Å². The van der Waals surface area contributed by atoms with Gasteiger partial charge in [0, 0.05) is 16.8 Å². The van der Waals surface area contributed by atoms with E-state index in [9.17, 15) is 4.79 Å². The highest BCUT2D eigenvalue weighted by atomic mass is 35.5. The molecule has 1 N–H and O–H groups in total. The largest absolute Gasteiger partial charge is 0.497 e. The Kier molecular flexibility index (Phi) is 8.07. The molecule has 0 unspecified atom stereocenters. The molecule has 178 valence electrons. The van der Waals surface area contributed by atoms with Crippen molar-refractivity contribution < 1.29 is 9.53 Å². The van der Waals surface area contributed by atoms with Crippen molar-refractivity contribution in [2.75, 3.05) is 12.9 Å². The first kappa shape index (κ1) is 24.8. The summed E-state index contributed by atoms with van der Waals surface area (Å²) in [6, 6.07) is 20.8. The van der Waals surface area contributed by atoms with Gasteiger partial charge in [0.1, 0.15) is 5.75 Å². The average Bonchev–Trinajstić information content (AvgIpc) is 3.30. The summed E-state index contributed by atoms with van der Waals surface area (Å²) in [5, 5.41) is 14.1. The topological polar surface area (TPSA) is 81.4 Å². The van der Waals surface area contributed by atoms with Crippen LogP contribution in [0.3, 0.4) is 0 Å². The Hall–Kier alpha value is -3.33. The molecule has 1 heterocycles. The fourth-order valence-corrected chi connectivity index (χ4v) is 4.27. The number of carbonyl (C=O) groups is 1.